The van der Waals surface area contributed by atoms with Crippen LogP contribution in [-0.2, 0) is 0 Å². The third-order valence-corrected chi connectivity index (χ3v) is 3.31. The molecule has 21 heavy (non-hydrogen) atoms. The summed E-state index contributed by atoms with van der Waals surface area (Å²) in [6.07, 6.45) is -2.74. The maximum Gasteiger partial charge on any atom is 0.573 e. The molecule has 3 rings (SSSR count). The Bertz CT molecular complexity index is 772. The van der Waals surface area contributed by atoms with Crippen LogP contribution < -0.4 is 4.74 Å². The molecular weight excluding hydrogens is 279 g/mol. The average molecular weight is 291 g/mol. The predicted octanol–water partition coefficient (Wildman–Crippen LogP) is 5.04. The summed E-state index contributed by atoms with van der Waals surface area (Å²) in [6.45, 7) is 2.02. The molecule has 2 aromatic carbocycles. The van der Waals surface area contributed by atoms with Gasteiger partial charge < -0.3 is 9.72 Å². The van der Waals surface area contributed by atoms with Gasteiger partial charge in [-0.3, -0.25) is 0 Å². The number of ether oxygens (including phenoxy) is 1. The Labute approximate surface area is 119 Å². The Balaban J connectivity index is 1.91. The summed E-state index contributed by atoms with van der Waals surface area (Å²) < 4.78 is 40.2. The van der Waals surface area contributed by atoms with Crippen LogP contribution >= 0.6 is 0 Å². The lowest BCUT2D eigenvalue weighted by Crippen LogP contribution is -2.16. The van der Waals surface area contributed by atoms with Gasteiger partial charge in [-0.1, -0.05) is 24.3 Å². The number of rotatable bonds is 2. The highest BCUT2D eigenvalue weighted by Crippen LogP contribution is 2.28. The lowest BCUT2D eigenvalue weighted by Gasteiger charge is -2.09. The highest BCUT2D eigenvalue weighted by molar-refractivity contribution is 5.87. The Hall–Kier alpha value is -2.43. The number of nitrogens with one attached hydrogen (secondary N) is 1. The molecule has 0 spiro atoms. The zero-order valence-corrected chi connectivity index (χ0v) is 11.2. The second-order valence-electron chi connectivity index (χ2n) is 4.80. The normalized spacial score (nSPS) is 11.8. The summed E-state index contributed by atoms with van der Waals surface area (Å²) >= 11 is 0. The summed E-state index contributed by atoms with van der Waals surface area (Å²) in [5.74, 6) is -0.219. The molecule has 1 N–H and O–H groups in total. The smallest absolute Gasteiger partial charge is 0.406 e. The molecule has 0 amide bonds. The van der Waals surface area contributed by atoms with Gasteiger partial charge in [-0.2, -0.15) is 0 Å². The summed E-state index contributed by atoms with van der Waals surface area (Å²) in [4.78, 5) is 3.17. The third-order valence-electron chi connectivity index (χ3n) is 3.31. The molecule has 0 aliphatic rings. The van der Waals surface area contributed by atoms with Crippen LogP contribution in [0.15, 0.2) is 48.7 Å². The lowest BCUT2D eigenvalue weighted by molar-refractivity contribution is -0.274. The molecule has 5 heteroatoms. The van der Waals surface area contributed by atoms with E-state index < -0.39 is 6.36 Å². The van der Waals surface area contributed by atoms with Gasteiger partial charge >= 0.3 is 6.36 Å². The van der Waals surface area contributed by atoms with Gasteiger partial charge in [0.15, 0.2) is 0 Å². The molecule has 0 aliphatic heterocycles. The first-order valence-corrected chi connectivity index (χ1v) is 6.36. The molecule has 2 nitrogen and oxygen atoms in total. The summed E-state index contributed by atoms with van der Waals surface area (Å²) in [5.41, 5.74) is 3.92. The van der Waals surface area contributed by atoms with Crippen LogP contribution in [0.3, 0.4) is 0 Å². The van der Waals surface area contributed by atoms with E-state index in [-0.39, 0.29) is 5.75 Å². The highest BCUT2D eigenvalue weighted by atomic mass is 19.4. The molecule has 108 valence electrons. The number of halogens is 3. The number of aromatic nitrogens is 1. The molecule has 1 heterocycles. The number of hydrogen-bond acceptors (Lipinski definition) is 1. The minimum atomic E-state index is -4.66. The predicted molar refractivity (Wildman–Crippen MR) is 75.2 cm³/mol. The molecular formula is C16H12F3NO. The van der Waals surface area contributed by atoms with Gasteiger partial charge in [0.25, 0.3) is 0 Å². The van der Waals surface area contributed by atoms with Crippen molar-refractivity contribution < 1.29 is 17.9 Å². The van der Waals surface area contributed by atoms with E-state index in [0.29, 0.717) is 0 Å². The van der Waals surface area contributed by atoms with Gasteiger partial charge in [0.1, 0.15) is 5.75 Å². The van der Waals surface area contributed by atoms with Crippen molar-refractivity contribution in [2.45, 2.75) is 13.3 Å². The Morgan fingerprint density at radius 3 is 2.29 bits per heavy atom. The first-order valence-electron chi connectivity index (χ1n) is 6.36. The topological polar surface area (TPSA) is 25.0 Å². The average Bonchev–Trinajstić information content (AvgIpc) is 2.79. The van der Waals surface area contributed by atoms with Crippen LogP contribution in [0, 0.1) is 6.92 Å². The van der Waals surface area contributed by atoms with E-state index in [1.807, 2.05) is 31.3 Å². The number of benzene rings is 2. The molecule has 0 unspecified atom stereocenters. The van der Waals surface area contributed by atoms with E-state index in [0.717, 1.165) is 27.6 Å². The van der Waals surface area contributed by atoms with E-state index in [2.05, 4.69) is 9.72 Å². The van der Waals surface area contributed by atoms with E-state index >= 15 is 0 Å². The second-order valence-corrected chi connectivity index (χ2v) is 4.80. The van der Waals surface area contributed by atoms with Crippen molar-refractivity contribution in [3.05, 3.63) is 54.2 Å². The Morgan fingerprint density at radius 2 is 1.62 bits per heavy atom. The standard InChI is InChI=1S/C16H12F3NO/c1-10-9-20-15-8-12(4-7-14(10)15)11-2-5-13(6-3-11)21-16(17,18)19/h2-9,20H,1H3. The van der Waals surface area contributed by atoms with Crippen molar-refractivity contribution in [2.75, 3.05) is 0 Å². The van der Waals surface area contributed by atoms with E-state index in [1.54, 1.807) is 12.1 Å². The largest absolute Gasteiger partial charge is 0.573 e. The van der Waals surface area contributed by atoms with Crippen molar-refractivity contribution in [2.24, 2.45) is 0 Å². The monoisotopic (exact) mass is 291 g/mol. The fraction of sp³-hybridized carbons (Fsp3) is 0.125. The number of fused-ring (bicyclic) bond motifs is 1. The first kappa shape index (κ1) is 13.5. The third kappa shape index (κ3) is 2.86. The van der Waals surface area contributed by atoms with Crippen molar-refractivity contribution in [1.82, 2.24) is 4.98 Å². The van der Waals surface area contributed by atoms with Gasteiger partial charge in [0, 0.05) is 17.1 Å². The van der Waals surface area contributed by atoms with Crippen LogP contribution in [0.25, 0.3) is 22.0 Å². The van der Waals surface area contributed by atoms with Gasteiger partial charge in [-0.05, 0) is 41.8 Å². The summed E-state index contributed by atoms with van der Waals surface area (Å²) in [7, 11) is 0. The minimum Gasteiger partial charge on any atom is -0.406 e. The highest BCUT2D eigenvalue weighted by Gasteiger charge is 2.30. The van der Waals surface area contributed by atoms with Crippen LogP contribution in [0.1, 0.15) is 5.56 Å². The Kier molecular flexibility index (Phi) is 3.12. The van der Waals surface area contributed by atoms with Crippen LogP contribution in [0.4, 0.5) is 13.2 Å². The zero-order chi connectivity index (χ0) is 15.0. The number of aromatic amines is 1. The number of H-pyrrole nitrogens is 1. The first-order chi connectivity index (χ1) is 9.92. The van der Waals surface area contributed by atoms with Gasteiger partial charge in [-0.15, -0.1) is 13.2 Å². The van der Waals surface area contributed by atoms with Gasteiger partial charge in [0.2, 0.25) is 0 Å². The number of aryl methyl sites for hydroxylation is 1. The van der Waals surface area contributed by atoms with Crippen LogP contribution in [-0.4, -0.2) is 11.3 Å². The number of hydrogen-bond donors (Lipinski definition) is 1. The molecule has 0 radical (unpaired) electrons. The molecule has 0 fully saturated rings. The zero-order valence-electron chi connectivity index (χ0n) is 11.2. The maximum absolute atomic E-state index is 12.1. The second kappa shape index (κ2) is 4.84. The maximum atomic E-state index is 12.1. The van der Waals surface area contributed by atoms with Crippen molar-refractivity contribution >= 4 is 10.9 Å². The van der Waals surface area contributed by atoms with E-state index in [4.69, 9.17) is 0 Å². The van der Waals surface area contributed by atoms with Crippen LogP contribution in [0.2, 0.25) is 0 Å². The lowest BCUT2D eigenvalue weighted by atomic mass is 10.0. The quantitative estimate of drug-likeness (QED) is 0.702. The van der Waals surface area contributed by atoms with Crippen molar-refractivity contribution in [3.8, 4) is 16.9 Å². The molecule has 0 saturated carbocycles. The van der Waals surface area contributed by atoms with Gasteiger partial charge in [-0.25, -0.2) is 0 Å². The number of alkyl halides is 3. The van der Waals surface area contributed by atoms with Gasteiger partial charge in [0.05, 0.1) is 0 Å². The van der Waals surface area contributed by atoms with Crippen LogP contribution in [0.5, 0.6) is 5.75 Å². The molecule has 0 aliphatic carbocycles. The Morgan fingerprint density at radius 1 is 0.952 bits per heavy atom. The van der Waals surface area contributed by atoms with Crippen molar-refractivity contribution in [3.63, 3.8) is 0 Å². The summed E-state index contributed by atoms with van der Waals surface area (Å²) in [5, 5.41) is 1.13. The minimum absolute atomic E-state index is 0.219. The fourth-order valence-electron chi connectivity index (χ4n) is 2.30. The molecule has 3 aromatic rings. The van der Waals surface area contributed by atoms with E-state index in [9.17, 15) is 13.2 Å². The molecule has 0 saturated heterocycles. The molecule has 0 bridgehead atoms. The molecule has 1 aromatic heterocycles. The van der Waals surface area contributed by atoms with E-state index in [1.165, 1.54) is 12.1 Å². The molecule has 0 atom stereocenters. The fourth-order valence-corrected chi connectivity index (χ4v) is 2.30. The SMILES string of the molecule is Cc1c[nH]c2cc(-c3ccc(OC(F)(F)F)cc3)ccc12. The summed E-state index contributed by atoms with van der Waals surface area (Å²) in [6, 6.07) is 11.8. The van der Waals surface area contributed by atoms with Crippen molar-refractivity contribution in [1.29, 1.82) is 0 Å².